The van der Waals surface area contributed by atoms with Crippen LogP contribution in [0.25, 0.3) is 0 Å². The van der Waals surface area contributed by atoms with Gasteiger partial charge in [0.1, 0.15) is 6.04 Å². The lowest BCUT2D eigenvalue weighted by molar-refractivity contribution is -0.384. The Kier molecular flexibility index (Phi) is 6.08. The highest BCUT2D eigenvalue weighted by molar-refractivity contribution is 7.92. The fourth-order valence-corrected chi connectivity index (χ4v) is 4.14. The van der Waals surface area contributed by atoms with E-state index in [-0.39, 0.29) is 11.4 Å². The van der Waals surface area contributed by atoms with Crippen molar-refractivity contribution >= 4 is 33.0 Å². The van der Waals surface area contributed by atoms with Gasteiger partial charge < -0.3 is 5.32 Å². The first-order valence-electron chi connectivity index (χ1n) is 8.54. The minimum absolute atomic E-state index is 0.0972. The SMILES string of the molecule is Cc1ccc(NC(=O)[C@@H](C)N(c2cc([N+](=O)[O-])ccc2C)S(C)(=O)=O)c(C)c1. The summed E-state index contributed by atoms with van der Waals surface area (Å²) < 4.78 is 25.8. The molecule has 150 valence electrons. The van der Waals surface area contributed by atoms with Crippen molar-refractivity contribution in [3.8, 4) is 0 Å². The van der Waals surface area contributed by atoms with Crippen LogP contribution in [0.4, 0.5) is 17.1 Å². The zero-order valence-electron chi connectivity index (χ0n) is 16.4. The monoisotopic (exact) mass is 405 g/mol. The summed E-state index contributed by atoms with van der Waals surface area (Å²) in [4.78, 5) is 23.3. The molecule has 2 rings (SSSR count). The van der Waals surface area contributed by atoms with Crippen molar-refractivity contribution in [1.82, 2.24) is 0 Å². The molecule has 0 saturated heterocycles. The predicted molar refractivity (Wildman–Crippen MR) is 109 cm³/mol. The van der Waals surface area contributed by atoms with Gasteiger partial charge >= 0.3 is 0 Å². The molecule has 0 aliphatic carbocycles. The number of nitrogens with zero attached hydrogens (tertiary/aromatic N) is 2. The molecule has 0 fully saturated rings. The molecule has 0 saturated carbocycles. The second-order valence-electron chi connectivity index (χ2n) is 6.77. The zero-order valence-corrected chi connectivity index (χ0v) is 17.2. The fraction of sp³-hybridized carbons (Fsp3) is 0.316. The number of nitro benzene ring substituents is 1. The number of hydrogen-bond acceptors (Lipinski definition) is 5. The van der Waals surface area contributed by atoms with Crippen LogP contribution in [0.3, 0.4) is 0 Å². The van der Waals surface area contributed by atoms with Crippen molar-refractivity contribution in [3.63, 3.8) is 0 Å². The topological polar surface area (TPSA) is 110 Å². The van der Waals surface area contributed by atoms with Crippen LogP contribution in [0.1, 0.15) is 23.6 Å². The third kappa shape index (κ3) is 4.66. The highest BCUT2D eigenvalue weighted by Gasteiger charge is 2.31. The number of rotatable bonds is 6. The Bertz CT molecular complexity index is 1030. The first-order valence-corrected chi connectivity index (χ1v) is 10.4. The van der Waals surface area contributed by atoms with E-state index in [1.807, 2.05) is 26.0 Å². The second kappa shape index (κ2) is 7.97. The number of anilines is 2. The number of benzene rings is 2. The Labute approximate surface area is 164 Å². The quantitative estimate of drug-likeness (QED) is 0.586. The number of carbonyl (C=O) groups is 1. The predicted octanol–water partition coefficient (Wildman–Crippen LogP) is 3.31. The van der Waals surface area contributed by atoms with Crippen LogP contribution in [-0.4, -0.2) is 31.5 Å². The second-order valence-corrected chi connectivity index (χ2v) is 8.63. The number of nitro groups is 1. The molecule has 0 unspecified atom stereocenters. The van der Waals surface area contributed by atoms with E-state index in [1.165, 1.54) is 19.1 Å². The van der Waals surface area contributed by atoms with Gasteiger partial charge in [-0.1, -0.05) is 23.8 Å². The van der Waals surface area contributed by atoms with E-state index in [0.717, 1.165) is 27.8 Å². The zero-order chi connectivity index (χ0) is 21.2. The van der Waals surface area contributed by atoms with E-state index < -0.39 is 26.9 Å². The maximum absolute atomic E-state index is 12.8. The maximum atomic E-state index is 12.8. The normalized spacial score (nSPS) is 12.3. The van der Waals surface area contributed by atoms with Crippen LogP contribution in [0.15, 0.2) is 36.4 Å². The van der Waals surface area contributed by atoms with Crippen molar-refractivity contribution in [2.75, 3.05) is 15.9 Å². The molecule has 2 aromatic rings. The molecule has 1 amide bonds. The first-order chi connectivity index (χ1) is 12.9. The van der Waals surface area contributed by atoms with Crippen molar-refractivity contribution in [2.24, 2.45) is 0 Å². The van der Waals surface area contributed by atoms with Crippen LogP contribution >= 0.6 is 0 Å². The number of nitrogens with one attached hydrogen (secondary N) is 1. The Morgan fingerprint density at radius 1 is 1.11 bits per heavy atom. The third-order valence-corrected chi connectivity index (χ3v) is 5.60. The molecule has 0 aliphatic heterocycles. The van der Waals surface area contributed by atoms with Gasteiger partial charge in [-0.3, -0.25) is 19.2 Å². The molecule has 0 bridgehead atoms. The first kappa shape index (κ1) is 21.4. The standard InChI is InChI=1S/C19H23N3O5S/c1-12-6-9-17(14(3)10-12)20-19(23)15(4)21(28(5,26)27)18-11-16(22(24)25)8-7-13(18)2/h6-11,15H,1-5H3,(H,20,23)/t15-/m1/s1. The lowest BCUT2D eigenvalue weighted by atomic mass is 10.1. The highest BCUT2D eigenvalue weighted by Crippen LogP contribution is 2.29. The number of sulfonamides is 1. The Hall–Kier alpha value is -2.94. The third-order valence-electron chi connectivity index (χ3n) is 4.37. The molecule has 0 radical (unpaired) electrons. The summed E-state index contributed by atoms with van der Waals surface area (Å²) in [5, 5.41) is 13.8. The molecule has 28 heavy (non-hydrogen) atoms. The fourth-order valence-electron chi connectivity index (χ4n) is 2.92. The Balaban J connectivity index is 2.45. The molecule has 0 spiro atoms. The van der Waals surface area contributed by atoms with Crippen LogP contribution in [0, 0.1) is 30.9 Å². The van der Waals surface area contributed by atoms with Crippen LogP contribution in [0.2, 0.25) is 0 Å². The molecule has 0 aromatic heterocycles. The van der Waals surface area contributed by atoms with Crippen LogP contribution in [0.5, 0.6) is 0 Å². The summed E-state index contributed by atoms with van der Waals surface area (Å²) in [5.41, 5.74) is 2.80. The minimum atomic E-state index is -3.89. The van der Waals surface area contributed by atoms with Crippen LogP contribution < -0.4 is 9.62 Å². The number of amides is 1. The van der Waals surface area contributed by atoms with Gasteiger partial charge in [0.2, 0.25) is 15.9 Å². The van der Waals surface area contributed by atoms with E-state index in [1.54, 1.807) is 13.0 Å². The summed E-state index contributed by atoms with van der Waals surface area (Å²) in [5.74, 6) is -0.539. The molecular weight excluding hydrogens is 382 g/mol. The molecule has 1 atom stereocenters. The van der Waals surface area contributed by atoms with Crippen molar-refractivity contribution < 1.29 is 18.1 Å². The number of non-ortho nitro benzene ring substituents is 1. The van der Waals surface area contributed by atoms with Gasteiger partial charge in [-0.2, -0.15) is 0 Å². The summed E-state index contributed by atoms with van der Waals surface area (Å²) in [6, 6.07) is 8.29. The van der Waals surface area contributed by atoms with Gasteiger partial charge in [0.15, 0.2) is 0 Å². The van der Waals surface area contributed by atoms with E-state index in [9.17, 15) is 23.3 Å². The smallest absolute Gasteiger partial charge is 0.271 e. The molecule has 1 N–H and O–H groups in total. The lowest BCUT2D eigenvalue weighted by Gasteiger charge is -2.29. The van der Waals surface area contributed by atoms with Crippen LogP contribution in [-0.2, 0) is 14.8 Å². The minimum Gasteiger partial charge on any atom is -0.324 e. The van der Waals surface area contributed by atoms with E-state index in [2.05, 4.69) is 5.32 Å². The molecule has 2 aromatic carbocycles. The number of aryl methyl sites for hydroxylation is 3. The summed E-state index contributed by atoms with van der Waals surface area (Å²) in [6.45, 7) is 6.84. The van der Waals surface area contributed by atoms with Gasteiger partial charge in [0.05, 0.1) is 16.9 Å². The average Bonchev–Trinajstić information content (AvgIpc) is 2.57. The van der Waals surface area contributed by atoms with Gasteiger partial charge in [-0.05, 0) is 44.9 Å². The molecule has 9 heteroatoms. The van der Waals surface area contributed by atoms with E-state index in [4.69, 9.17) is 0 Å². The molecule has 0 heterocycles. The van der Waals surface area contributed by atoms with E-state index in [0.29, 0.717) is 11.3 Å². The molecule has 8 nitrogen and oxygen atoms in total. The number of hydrogen-bond donors (Lipinski definition) is 1. The van der Waals surface area contributed by atoms with E-state index >= 15 is 0 Å². The highest BCUT2D eigenvalue weighted by atomic mass is 32.2. The Morgan fingerprint density at radius 2 is 1.75 bits per heavy atom. The average molecular weight is 405 g/mol. The summed E-state index contributed by atoms with van der Waals surface area (Å²) in [6.07, 6.45) is 0.964. The Morgan fingerprint density at radius 3 is 2.29 bits per heavy atom. The van der Waals surface area contributed by atoms with Crippen molar-refractivity contribution in [2.45, 2.75) is 33.7 Å². The molecule has 0 aliphatic rings. The van der Waals surface area contributed by atoms with Crippen molar-refractivity contribution in [3.05, 3.63) is 63.2 Å². The van der Waals surface area contributed by atoms with Gasteiger partial charge in [0.25, 0.3) is 5.69 Å². The largest absolute Gasteiger partial charge is 0.324 e. The number of carbonyl (C=O) groups excluding carboxylic acids is 1. The lowest BCUT2D eigenvalue weighted by Crippen LogP contribution is -2.45. The maximum Gasteiger partial charge on any atom is 0.271 e. The van der Waals surface area contributed by atoms with Gasteiger partial charge in [0, 0.05) is 17.8 Å². The van der Waals surface area contributed by atoms with Gasteiger partial charge in [-0.25, -0.2) is 8.42 Å². The van der Waals surface area contributed by atoms with Gasteiger partial charge in [-0.15, -0.1) is 0 Å². The summed E-state index contributed by atoms with van der Waals surface area (Å²) in [7, 11) is -3.89. The van der Waals surface area contributed by atoms with Crippen molar-refractivity contribution in [1.29, 1.82) is 0 Å². The summed E-state index contributed by atoms with van der Waals surface area (Å²) >= 11 is 0. The molecular formula is C19H23N3O5S.